The first-order valence-corrected chi connectivity index (χ1v) is 39.4. The van der Waals surface area contributed by atoms with Crippen LogP contribution in [0, 0.1) is 0 Å². The molecule has 0 radical (unpaired) electrons. The van der Waals surface area contributed by atoms with Crippen molar-refractivity contribution >= 4 is 109 Å². The molecule has 0 N–H and O–H groups in total. The van der Waals surface area contributed by atoms with Crippen LogP contribution in [0.2, 0.25) is 0 Å². The highest BCUT2D eigenvalue weighted by Gasteiger charge is 2.38. The molecule has 0 aliphatic heterocycles. The van der Waals surface area contributed by atoms with E-state index in [9.17, 15) is 0 Å². The highest BCUT2D eigenvalue weighted by Crippen LogP contribution is 2.53. The number of fused-ring (bicyclic) bond motifs is 22. The molecule has 0 spiro atoms. The molecule has 2 aliphatic rings. The number of nitrogens with zero attached hydrogens (tertiary/aromatic N) is 8. The van der Waals surface area contributed by atoms with Gasteiger partial charge in [0.15, 0.2) is 0 Å². The summed E-state index contributed by atoms with van der Waals surface area (Å²) < 4.78 is 9.59. The zero-order chi connectivity index (χ0) is 75.7. The summed E-state index contributed by atoms with van der Waals surface area (Å²) in [5.74, 6) is 0. The molecule has 8 heteroatoms. The molecular formula is C106H72N8. The van der Waals surface area contributed by atoms with Gasteiger partial charge in [0.1, 0.15) is 5.52 Å². The summed E-state index contributed by atoms with van der Waals surface area (Å²) in [4.78, 5) is 22.0. The number of rotatable bonds is 8. The van der Waals surface area contributed by atoms with Crippen LogP contribution in [0.1, 0.15) is 49.9 Å². The van der Waals surface area contributed by atoms with Gasteiger partial charge in [0.05, 0.1) is 89.1 Å². The Hall–Kier alpha value is -14.6. The van der Waals surface area contributed by atoms with Crippen LogP contribution in [0.15, 0.2) is 364 Å². The third kappa shape index (κ3) is 9.64. The topological polar surface area (TPSA) is 71.3 Å². The highest BCUT2D eigenvalue weighted by atomic mass is 15.0. The molecular weight excluding hydrogens is 1390 g/mol. The van der Waals surface area contributed by atoms with Gasteiger partial charge in [-0.1, -0.05) is 276 Å². The molecule has 536 valence electrons. The zero-order valence-corrected chi connectivity index (χ0v) is 63.2. The molecule has 0 fully saturated rings. The van der Waals surface area contributed by atoms with E-state index in [1.54, 1.807) is 0 Å². The quantitative estimate of drug-likeness (QED) is 0.152. The Bertz CT molecular complexity index is 7770. The smallest absolute Gasteiger partial charge is 0.113 e. The van der Waals surface area contributed by atoms with Crippen LogP contribution in [-0.2, 0) is 10.8 Å². The van der Waals surface area contributed by atoms with E-state index in [0.29, 0.717) is 0 Å². The normalized spacial score (nSPS) is 13.2. The second-order valence-corrected chi connectivity index (χ2v) is 31.5. The Morgan fingerprint density at radius 1 is 0.211 bits per heavy atom. The first-order chi connectivity index (χ1) is 56.1. The van der Waals surface area contributed by atoms with E-state index in [4.69, 9.17) is 19.9 Å². The van der Waals surface area contributed by atoms with Crippen molar-refractivity contribution in [1.29, 1.82) is 0 Å². The van der Waals surface area contributed by atoms with Crippen LogP contribution in [-0.4, -0.2) is 38.2 Å². The lowest BCUT2D eigenvalue weighted by atomic mass is 9.81. The summed E-state index contributed by atoms with van der Waals surface area (Å²) in [6, 6.07) is 131. The molecule has 6 heterocycles. The summed E-state index contributed by atoms with van der Waals surface area (Å²) in [5, 5.41) is 9.92. The Kier molecular flexibility index (Phi) is 14.3. The average Bonchev–Trinajstić information content (AvgIpc) is 1.55. The molecule has 0 amide bonds. The standard InChI is InChI=1S/C62H44N4.C44H28N4/c1-61(2)47-22-12-8-18-41(47)43-29-26-37(34-49(43)61)59-60(38-27-30-44-42-19-9-13-23-48(42)62(3,4)50(44)35-38)64-52-36-40(28-31-51(52)63-59)66-54-25-15-11-21-46(54)58-56(66)33-32-55-57(58)45-20-10-14-24-53(45)65(55)39-16-6-5-7-17-39;1-4-15-29(16-5-1)42-43(30-17-6-2-7-18-30)46-44-34(45-42)23-14-26-39(44)48-36-25-13-11-22-33(36)41-38(48)28-27-37-40(41)32-21-10-12-24-35(32)47(37)31-19-8-3-9-20-31/h5-36H,1-4H3;1-28H. The van der Waals surface area contributed by atoms with E-state index in [-0.39, 0.29) is 10.8 Å². The van der Waals surface area contributed by atoms with Gasteiger partial charge in [-0.15, -0.1) is 0 Å². The van der Waals surface area contributed by atoms with Crippen molar-refractivity contribution in [1.82, 2.24) is 38.2 Å². The minimum absolute atomic E-state index is 0.144. The molecule has 22 aromatic rings. The third-order valence-corrected chi connectivity index (χ3v) is 24.6. The summed E-state index contributed by atoms with van der Waals surface area (Å²) in [6.07, 6.45) is 0. The molecule has 0 bridgehead atoms. The van der Waals surface area contributed by atoms with Gasteiger partial charge in [-0.3, -0.25) is 0 Å². The first kappa shape index (κ1) is 65.3. The molecule has 114 heavy (non-hydrogen) atoms. The maximum atomic E-state index is 5.69. The van der Waals surface area contributed by atoms with Gasteiger partial charge in [-0.2, -0.15) is 0 Å². The molecule has 0 saturated carbocycles. The van der Waals surface area contributed by atoms with Crippen molar-refractivity contribution in [2.75, 3.05) is 0 Å². The van der Waals surface area contributed by atoms with Gasteiger partial charge in [0, 0.05) is 93.2 Å². The molecule has 16 aromatic carbocycles. The van der Waals surface area contributed by atoms with Crippen LogP contribution in [0.3, 0.4) is 0 Å². The largest absolute Gasteiger partial charge is 0.309 e. The maximum absolute atomic E-state index is 5.69. The molecule has 24 rings (SSSR count). The zero-order valence-electron chi connectivity index (χ0n) is 63.2. The van der Waals surface area contributed by atoms with Gasteiger partial charge >= 0.3 is 0 Å². The summed E-state index contributed by atoms with van der Waals surface area (Å²) in [6.45, 7) is 9.38. The minimum atomic E-state index is -0.154. The average molecular weight is 1460 g/mol. The molecule has 8 nitrogen and oxygen atoms in total. The van der Waals surface area contributed by atoms with E-state index >= 15 is 0 Å². The fourth-order valence-electron chi connectivity index (χ4n) is 19.4. The van der Waals surface area contributed by atoms with Crippen LogP contribution in [0.4, 0.5) is 0 Å². The molecule has 0 atom stereocenters. The van der Waals surface area contributed by atoms with Crippen molar-refractivity contribution in [2.45, 2.75) is 38.5 Å². The van der Waals surface area contributed by atoms with Crippen LogP contribution in [0.25, 0.3) is 199 Å². The van der Waals surface area contributed by atoms with Crippen LogP contribution >= 0.6 is 0 Å². The summed E-state index contributed by atoms with van der Waals surface area (Å²) in [5.41, 5.74) is 35.2. The Morgan fingerprint density at radius 3 is 1.03 bits per heavy atom. The second kappa shape index (κ2) is 25.0. The van der Waals surface area contributed by atoms with E-state index in [0.717, 1.165) is 112 Å². The second-order valence-electron chi connectivity index (χ2n) is 31.5. The minimum Gasteiger partial charge on any atom is -0.309 e. The van der Waals surface area contributed by atoms with Crippen LogP contribution in [0.5, 0.6) is 0 Å². The fraction of sp³-hybridized carbons (Fsp3) is 0.0566. The summed E-state index contributed by atoms with van der Waals surface area (Å²) in [7, 11) is 0. The highest BCUT2D eigenvalue weighted by molar-refractivity contribution is 6.30. The van der Waals surface area contributed by atoms with Crippen molar-refractivity contribution in [3.05, 3.63) is 386 Å². The number of benzene rings is 16. The van der Waals surface area contributed by atoms with Crippen molar-refractivity contribution in [3.8, 4) is 90.0 Å². The molecule has 0 unspecified atom stereocenters. The van der Waals surface area contributed by atoms with E-state index in [2.05, 4.69) is 398 Å². The predicted molar refractivity (Wildman–Crippen MR) is 473 cm³/mol. The molecule has 0 saturated heterocycles. The molecule has 2 aliphatic carbocycles. The van der Waals surface area contributed by atoms with Crippen molar-refractivity contribution in [2.24, 2.45) is 0 Å². The molecule has 6 aromatic heterocycles. The van der Waals surface area contributed by atoms with Gasteiger partial charge in [0.25, 0.3) is 0 Å². The van der Waals surface area contributed by atoms with Gasteiger partial charge in [-0.05, 0) is 160 Å². The summed E-state index contributed by atoms with van der Waals surface area (Å²) >= 11 is 0. The van der Waals surface area contributed by atoms with E-state index in [1.165, 1.54) is 110 Å². The first-order valence-electron chi connectivity index (χ1n) is 39.4. The maximum Gasteiger partial charge on any atom is 0.113 e. The lowest BCUT2D eigenvalue weighted by molar-refractivity contribution is 0.660. The SMILES string of the molecule is CC1(C)c2ccccc2-c2ccc(-c3nc4ccc(-n5c6ccccc6c6c7c8ccccc8n(-c8ccccc8)c7ccc65)cc4nc3-c3ccc4c(c3)C(C)(C)c3ccccc3-4)cc21.c1ccc(-c2nc3cccc(-n4c5ccccc5c5c6c7ccccc7n(-c7ccccc7)c6ccc54)c3nc2-c2ccccc2)cc1. The lowest BCUT2D eigenvalue weighted by Crippen LogP contribution is -2.15. The Labute approximate surface area is 658 Å². The van der Waals surface area contributed by atoms with Gasteiger partial charge in [0.2, 0.25) is 0 Å². The lowest BCUT2D eigenvalue weighted by Gasteiger charge is -2.23. The van der Waals surface area contributed by atoms with Gasteiger partial charge < -0.3 is 18.3 Å². The van der Waals surface area contributed by atoms with Gasteiger partial charge in [-0.25, -0.2) is 19.9 Å². The van der Waals surface area contributed by atoms with E-state index in [1.807, 2.05) is 12.1 Å². The number of hydrogen-bond donors (Lipinski definition) is 0. The predicted octanol–water partition coefficient (Wildman–Crippen LogP) is 26.9. The van der Waals surface area contributed by atoms with Crippen molar-refractivity contribution < 1.29 is 0 Å². The Balaban J connectivity index is 0.000000142. The van der Waals surface area contributed by atoms with Crippen LogP contribution < -0.4 is 0 Å². The van der Waals surface area contributed by atoms with E-state index < -0.39 is 0 Å². The third-order valence-electron chi connectivity index (χ3n) is 24.6. The number of para-hydroxylation sites is 7. The number of hydrogen-bond acceptors (Lipinski definition) is 4. The number of aromatic nitrogens is 8. The Morgan fingerprint density at radius 2 is 0.561 bits per heavy atom. The van der Waals surface area contributed by atoms with Crippen molar-refractivity contribution in [3.63, 3.8) is 0 Å². The fourth-order valence-corrected chi connectivity index (χ4v) is 19.4. The monoisotopic (exact) mass is 1460 g/mol.